The van der Waals surface area contributed by atoms with E-state index in [4.69, 9.17) is 23.2 Å². The van der Waals surface area contributed by atoms with Crippen LogP contribution in [0.1, 0.15) is 11.1 Å². The summed E-state index contributed by atoms with van der Waals surface area (Å²) in [6, 6.07) is 16.3. The van der Waals surface area contributed by atoms with Crippen LogP contribution < -0.4 is 5.32 Å². The van der Waals surface area contributed by atoms with Gasteiger partial charge in [0, 0.05) is 27.8 Å². The lowest BCUT2D eigenvalue weighted by Gasteiger charge is -2.22. The lowest BCUT2D eigenvalue weighted by atomic mass is 10.2. The number of amides is 1. The molecule has 31 heavy (non-hydrogen) atoms. The first-order valence-corrected chi connectivity index (χ1v) is 11.4. The van der Waals surface area contributed by atoms with Crippen molar-refractivity contribution in [2.75, 3.05) is 11.9 Å². The maximum Gasteiger partial charge on any atom is 0.243 e. The van der Waals surface area contributed by atoms with E-state index in [0.29, 0.717) is 15.7 Å². The van der Waals surface area contributed by atoms with E-state index < -0.39 is 28.3 Å². The van der Waals surface area contributed by atoms with Gasteiger partial charge in [0.25, 0.3) is 0 Å². The third-order valence-electron chi connectivity index (χ3n) is 4.55. The Labute approximate surface area is 190 Å². The van der Waals surface area contributed by atoms with Gasteiger partial charge in [-0.3, -0.25) is 4.79 Å². The predicted molar refractivity (Wildman–Crippen MR) is 120 cm³/mol. The van der Waals surface area contributed by atoms with Gasteiger partial charge >= 0.3 is 0 Å². The first-order valence-electron chi connectivity index (χ1n) is 9.22. The molecule has 0 fully saturated rings. The van der Waals surface area contributed by atoms with Gasteiger partial charge < -0.3 is 5.32 Å². The Morgan fingerprint density at radius 3 is 2.32 bits per heavy atom. The Hall–Kier alpha value is -2.45. The molecule has 0 radical (unpaired) electrons. The maximum absolute atomic E-state index is 14.2. The van der Waals surface area contributed by atoms with E-state index in [0.717, 1.165) is 9.87 Å². The Bertz CT molecular complexity index is 1200. The summed E-state index contributed by atoms with van der Waals surface area (Å²) in [5, 5.41) is 3.47. The van der Waals surface area contributed by atoms with Gasteiger partial charge in [-0.2, -0.15) is 4.31 Å². The highest BCUT2D eigenvalue weighted by atomic mass is 35.5. The van der Waals surface area contributed by atoms with Gasteiger partial charge in [0.05, 0.1) is 11.4 Å². The fourth-order valence-electron chi connectivity index (χ4n) is 2.88. The Morgan fingerprint density at radius 1 is 1.00 bits per heavy atom. The molecule has 9 heteroatoms. The van der Waals surface area contributed by atoms with Crippen molar-refractivity contribution in [3.63, 3.8) is 0 Å². The van der Waals surface area contributed by atoms with E-state index >= 15 is 0 Å². The first-order chi connectivity index (χ1) is 14.7. The molecule has 0 bridgehead atoms. The van der Waals surface area contributed by atoms with Gasteiger partial charge in [-0.05, 0) is 55.0 Å². The van der Waals surface area contributed by atoms with Crippen LogP contribution >= 0.6 is 23.2 Å². The van der Waals surface area contributed by atoms with Gasteiger partial charge in [-0.25, -0.2) is 12.8 Å². The average Bonchev–Trinajstić information content (AvgIpc) is 2.72. The van der Waals surface area contributed by atoms with Gasteiger partial charge in [0.15, 0.2) is 0 Å². The molecule has 0 saturated heterocycles. The molecule has 0 aromatic heterocycles. The van der Waals surface area contributed by atoms with Crippen molar-refractivity contribution in [3.8, 4) is 0 Å². The molecular formula is C22H19Cl2FN2O3S. The van der Waals surface area contributed by atoms with Crippen molar-refractivity contribution in [1.29, 1.82) is 0 Å². The van der Waals surface area contributed by atoms with Gasteiger partial charge in [-0.1, -0.05) is 47.5 Å². The van der Waals surface area contributed by atoms with E-state index in [1.54, 1.807) is 31.2 Å². The van der Waals surface area contributed by atoms with Crippen molar-refractivity contribution in [1.82, 2.24) is 4.31 Å². The largest absolute Gasteiger partial charge is 0.325 e. The summed E-state index contributed by atoms with van der Waals surface area (Å²) in [5.41, 5.74) is 1.37. The Morgan fingerprint density at radius 2 is 1.65 bits per heavy atom. The minimum Gasteiger partial charge on any atom is -0.325 e. The zero-order valence-electron chi connectivity index (χ0n) is 16.5. The molecule has 0 atom stereocenters. The Kier molecular flexibility index (Phi) is 7.33. The molecule has 5 nitrogen and oxygen atoms in total. The number of aryl methyl sites for hydroxylation is 1. The highest BCUT2D eigenvalue weighted by Gasteiger charge is 2.28. The quantitative estimate of drug-likeness (QED) is 0.500. The second-order valence-electron chi connectivity index (χ2n) is 6.83. The van der Waals surface area contributed by atoms with Crippen molar-refractivity contribution in [2.24, 2.45) is 0 Å². The van der Waals surface area contributed by atoms with E-state index in [1.165, 1.54) is 42.5 Å². The molecule has 0 unspecified atom stereocenters. The van der Waals surface area contributed by atoms with Crippen LogP contribution in [0.25, 0.3) is 0 Å². The van der Waals surface area contributed by atoms with Crippen LogP contribution in [0.3, 0.4) is 0 Å². The van der Waals surface area contributed by atoms with Crippen LogP contribution in [-0.4, -0.2) is 25.2 Å². The third kappa shape index (κ3) is 5.83. The fraction of sp³-hybridized carbons (Fsp3) is 0.136. The molecule has 1 amide bonds. The summed E-state index contributed by atoms with van der Waals surface area (Å²) < 4.78 is 41.6. The number of rotatable bonds is 7. The van der Waals surface area contributed by atoms with E-state index in [1.807, 2.05) is 0 Å². The van der Waals surface area contributed by atoms with Gasteiger partial charge in [0.1, 0.15) is 5.82 Å². The van der Waals surface area contributed by atoms with Crippen molar-refractivity contribution in [3.05, 3.63) is 93.7 Å². The fourth-order valence-corrected chi connectivity index (χ4v) is 4.55. The van der Waals surface area contributed by atoms with Gasteiger partial charge in [0.2, 0.25) is 15.9 Å². The van der Waals surface area contributed by atoms with Crippen LogP contribution in [0.2, 0.25) is 10.0 Å². The Balaban J connectivity index is 1.91. The summed E-state index contributed by atoms with van der Waals surface area (Å²) in [5.74, 6) is -1.15. The topological polar surface area (TPSA) is 66.5 Å². The molecule has 162 valence electrons. The summed E-state index contributed by atoms with van der Waals surface area (Å²) in [6.07, 6.45) is 0. The molecule has 0 aliphatic heterocycles. The minimum atomic E-state index is -4.12. The first kappa shape index (κ1) is 23.2. The van der Waals surface area contributed by atoms with E-state index in [-0.39, 0.29) is 17.0 Å². The minimum absolute atomic E-state index is 0.0556. The molecule has 0 aliphatic carbocycles. The number of carbonyl (C=O) groups is 1. The standard InChI is InChI=1S/C22H19Cl2FN2O3S/c1-15-6-7-18(24)12-21(15)26-22(28)14-27(13-16-4-2-3-5-20(16)25)31(29,30)19-10-8-17(23)9-11-19/h2-12H,13-14H2,1H3,(H,26,28). The zero-order valence-corrected chi connectivity index (χ0v) is 18.8. The molecule has 3 rings (SSSR count). The van der Waals surface area contributed by atoms with Crippen molar-refractivity contribution in [2.45, 2.75) is 18.4 Å². The van der Waals surface area contributed by atoms with Crippen molar-refractivity contribution < 1.29 is 17.6 Å². The molecule has 1 N–H and O–H groups in total. The number of hydrogen-bond donors (Lipinski definition) is 1. The molecular weight excluding hydrogens is 462 g/mol. The second-order valence-corrected chi connectivity index (χ2v) is 9.64. The number of benzene rings is 3. The molecule has 3 aromatic carbocycles. The lowest BCUT2D eigenvalue weighted by molar-refractivity contribution is -0.116. The van der Waals surface area contributed by atoms with Crippen LogP contribution in [0, 0.1) is 12.7 Å². The summed E-state index contributed by atoms with van der Waals surface area (Å²) in [4.78, 5) is 12.7. The lowest BCUT2D eigenvalue weighted by Crippen LogP contribution is -2.37. The van der Waals surface area contributed by atoms with Crippen LogP contribution in [0.5, 0.6) is 0 Å². The number of sulfonamides is 1. The number of hydrogen-bond acceptors (Lipinski definition) is 3. The van der Waals surface area contributed by atoms with E-state index in [2.05, 4.69) is 5.32 Å². The van der Waals surface area contributed by atoms with E-state index in [9.17, 15) is 17.6 Å². The molecule has 0 aliphatic rings. The molecule has 3 aromatic rings. The van der Waals surface area contributed by atoms with Gasteiger partial charge in [-0.15, -0.1) is 0 Å². The van der Waals surface area contributed by atoms with Crippen LogP contribution in [0.15, 0.2) is 71.6 Å². The van der Waals surface area contributed by atoms with Crippen molar-refractivity contribution >= 4 is 44.8 Å². The number of anilines is 1. The van der Waals surface area contributed by atoms with Crippen LogP contribution in [-0.2, 0) is 21.4 Å². The molecule has 0 saturated carbocycles. The highest BCUT2D eigenvalue weighted by molar-refractivity contribution is 7.89. The second kappa shape index (κ2) is 9.78. The number of nitrogens with zero attached hydrogens (tertiary/aromatic N) is 1. The molecule has 0 spiro atoms. The summed E-state index contributed by atoms with van der Waals surface area (Å²) in [7, 11) is -4.12. The maximum atomic E-state index is 14.2. The zero-order chi connectivity index (χ0) is 22.6. The van der Waals surface area contributed by atoms with Crippen LogP contribution in [0.4, 0.5) is 10.1 Å². The monoisotopic (exact) mass is 480 g/mol. The highest BCUT2D eigenvalue weighted by Crippen LogP contribution is 2.23. The smallest absolute Gasteiger partial charge is 0.243 e. The number of nitrogens with one attached hydrogen (secondary N) is 1. The third-order valence-corrected chi connectivity index (χ3v) is 6.84. The summed E-state index contributed by atoms with van der Waals surface area (Å²) in [6.45, 7) is 0.943. The number of carbonyl (C=O) groups excluding carboxylic acids is 1. The molecule has 0 heterocycles. The summed E-state index contributed by atoms with van der Waals surface area (Å²) >= 11 is 11.8. The predicted octanol–water partition coefficient (Wildman–Crippen LogP) is 5.27. The normalized spacial score (nSPS) is 11.5. The number of halogens is 3. The average molecular weight is 481 g/mol. The SMILES string of the molecule is Cc1ccc(Cl)cc1NC(=O)CN(Cc1ccccc1F)S(=O)(=O)c1ccc(Cl)cc1.